The van der Waals surface area contributed by atoms with E-state index in [-0.39, 0.29) is 19.3 Å². The molecule has 4 nitrogen and oxygen atoms in total. The number of phenols is 1. The van der Waals surface area contributed by atoms with E-state index in [2.05, 4.69) is 19.2 Å². The van der Waals surface area contributed by atoms with E-state index in [9.17, 15) is 15.3 Å². The van der Waals surface area contributed by atoms with Crippen LogP contribution >= 0.6 is 0 Å². The van der Waals surface area contributed by atoms with Crippen molar-refractivity contribution in [2.24, 2.45) is 0 Å². The van der Waals surface area contributed by atoms with Crippen molar-refractivity contribution in [3.05, 3.63) is 28.8 Å². The van der Waals surface area contributed by atoms with Crippen molar-refractivity contribution >= 4 is 0 Å². The van der Waals surface area contributed by atoms with Gasteiger partial charge >= 0.3 is 0 Å². The molecule has 0 saturated carbocycles. The van der Waals surface area contributed by atoms with Crippen LogP contribution in [0, 0.1) is 6.92 Å². The molecule has 1 aliphatic rings. The smallest absolute Gasteiger partial charge is 0.120 e. The van der Waals surface area contributed by atoms with Gasteiger partial charge in [-0.1, -0.05) is 19.9 Å². The van der Waals surface area contributed by atoms with Crippen molar-refractivity contribution in [1.82, 2.24) is 5.32 Å². The van der Waals surface area contributed by atoms with Gasteiger partial charge in [0, 0.05) is 11.6 Å². The van der Waals surface area contributed by atoms with Crippen LogP contribution in [0.2, 0.25) is 0 Å². The van der Waals surface area contributed by atoms with Crippen LogP contribution in [0.25, 0.3) is 0 Å². The molecule has 112 valence electrons. The minimum absolute atomic E-state index is 0.0286. The third-order valence-corrected chi connectivity index (χ3v) is 4.68. The monoisotopic (exact) mass is 279 g/mol. The van der Waals surface area contributed by atoms with Gasteiger partial charge in [0.15, 0.2) is 0 Å². The zero-order chi connectivity index (χ0) is 14.9. The summed E-state index contributed by atoms with van der Waals surface area (Å²) in [5, 5.41) is 32.7. The molecule has 4 heteroatoms. The molecule has 0 saturated heterocycles. The Kier molecular flexibility index (Phi) is 4.37. The molecule has 1 aromatic carbocycles. The number of nitrogens with one attached hydrogen (secondary N) is 1. The number of aromatic hydroxyl groups is 1. The summed E-state index contributed by atoms with van der Waals surface area (Å²) in [4.78, 5) is 0. The van der Waals surface area contributed by atoms with Gasteiger partial charge in [0.1, 0.15) is 5.75 Å². The Morgan fingerprint density at radius 3 is 2.45 bits per heavy atom. The Bertz CT molecular complexity index is 475. The second kappa shape index (κ2) is 5.72. The summed E-state index contributed by atoms with van der Waals surface area (Å²) in [5.41, 5.74) is 2.62. The largest absolute Gasteiger partial charge is 0.508 e. The topological polar surface area (TPSA) is 72.7 Å². The maximum Gasteiger partial charge on any atom is 0.120 e. The second-order valence-electron chi connectivity index (χ2n) is 6.01. The average Bonchev–Trinajstić information content (AvgIpc) is 2.78. The number of aryl methyl sites for hydroxylation is 1. The molecule has 1 aromatic rings. The highest BCUT2D eigenvalue weighted by molar-refractivity contribution is 5.51. The van der Waals surface area contributed by atoms with Gasteiger partial charge in [-0.05, 0) is 42.9 Å². The molecule has 0 aromatic heterocycles. The maximum atomic E-state index is 10.2. The molecule has 0 amide bonds. The van der Waals surface area contributed by atoms with Crippen LogP contribution < -0.4 is 5.32 Å². The first-order valence-corrected chi connectivity index (χ1v) is 7.29. The van der Waals surface area contributed by atoms with Crippen molar-refractivity contribution in [3.63, 3.8) is 0 Å². The fourth-order valence-electron chi connectivity index (χ4n) is 3.31. The number of aliphatic hydroxyl groups excluding tert-OH is 2. The van der Waals surface area contributed by atoms with Gasteiger partial charge in [-0.2, -0.15) is 0 Å². The third kappa shape index (κ3) is 2.43. The highest BCUT2D eigenvalue weighted by Gasteiger charge is 2.37. The number of fused-ring (bicyclic) bond motifs is 1. The maximum absolute atomic E-state index is 10.2. The molecule has 20 heavy (non-hydrogen) atoms. The number of phenolic OH excluding ortho intramolecular Hbond substituents is 1. The van der Waals surface area contributed by atoms with E-state index in [4.69, 9.17) is 0 Å². The van der Waals surface area contributed by atoms with Crippen LogP contribution in [0.3, 0.4) is 0 Å². The first-order valence-electron chi connectivity index (χ1n) is 7.29. The van der Waals surface area contributed by atoms with Crippen molar-refractivity contribution in [1.29, 1.82) is 0 Å². The first-order chi connectivity index (χ1) is 9.48. The normalized spacial score (nSPS) is 22.1. The van der Waals surface area contributed by atoms with Gasteiger partial charge in [-0.15, -0.1) is 0 Å². The van der Waals surface area contributed by atoms with Crippen LogP contribution in [0.1, 0.15) is 55.3 Å². The lowest BCUT2D eigenvalue weighted by atomic mass is 9.94. The highest BCUT2D eigenvalue weighted by atomic mass is 16.3. The molecule has 0 aliphatic heterocycles. The molecule has 0 heterocycles. The number of aliphatic hydroxyl groups is 2. The summed E-state index contributed by atoms with van der Waals surface area (Å²) in [6, 6.07) is 3.64. The lowest BCUT2D eigenvalue weighted by molar-refractivity contribution is 0.0767. The van der Waals surface area contributed by atoms with Crippen LogP contribution in [0.4, 0.5) is 0 Å². The summed E-state index contributed by atoms with van der Waals surface area (Å²) >= 11 is 0. The SMILES string of the molecule is CCC(CO)(CO)NC1CC(C)c2c(C)ccc(O)c21. The van der Waals surface area contributed by atoms with Crippen LogP contribution in [-0.4, -0.2) is 34.1 Å². The van der Waals surface area contributed by atoms with Crippen molar-refractivity contribution in [2.75, 3.05) is 13.2 Å². The van der Waals surface area contributed by atoms with E-state index in [1.165, 1.54) is 11.1 Å². The van der Waals surface area contributed by atoms with Gasteiger partial charge < -0.3 is 20.6 Å². The predicted molar refractivity (Wildman–Crippen MR) is 78.9 cm³/mol. The zero-order valence-corrected chi connectivity index (χ0v) is 12.5. The minimum Gasteiger partial charge on any atom is -0.508 e. The fourth-order valence-corrected chi connectivity index (χ4v) is 3.31. The van der Waals surface area contributed by atoms with E-state index in [0.29, 0.717) is 18.1 Å². The lowest BCUT2D eigenvalue weighted by Gasteiger charge is -2.33. The number of rotatable bonds is 5. The third-order valence-electron chi connectivity index (χ3n) is 4.68. The predicted octanol–water partition coefficient (Wildman–Crippen LogP) is 1.97. The highest BCUT2D eigenvalue weighted by Crippen LogP contribution is 2.46. The Labute approximate surface area is 120 Å². The molecule has 0 bridgehead atoms. The Morgan fingerprint density at radius 1 is 1.25 bits per heavy atom. The molecule has 0 radical (unpaired) electrons. The molecule has 2 atom stereocenters. The van der Waals surface area contributed by atoms with Crippen LogP contribution in [0.15, 0.2) is 12.1 Å². The quantitative estimate of drug-likeness (QED) is 0.665. The number of benzene rings is 1. The van der Waals surface area contributed by atoms with Gasteiger partial charge in [0.25, 0.3) is 0 Å². The van der Waals surface area contributed by atoms with Crippen LogP contribution in [-0.2, 0) is 0 Å². The minimum atomic E-state index is -0.692. The summed E-state index contributed by atoms with van der Waals surface area (Å²) in [5.74, 6) is 0.662. The van der Waals surface area contributed by atoms with Gasteiger partial charge in [-0.25, -0.2) is 0 Å². The molecule has 1 aliphatic carbocycles. The van der Waals surface area contributed by atoms with E-state index in [1.807, 2.05) is 13.0 Å². The average molecular weight is 279 g/mol. The molecule has 0 spiro atoms. The first kappa shape index (κ1) is 15.3. The summed E-state index contributed by atoms with van der Waals surface area (Å²) in [6.45, 7) is 5.91. The van der Waals surface area contributed by atoms with Crippen molar-refractivity contribution < 1.29 is 15.3 Å². The van der Waals surface area contributed by atoms with E-state index < -0.39 is 5.54 Å². The van der Waals surface area contributed by atoms with Gasteiger partial charge in [0.2, 0.25) is 0 Å². The van der Waals surface area contributed by atoms with Gasteiger partial charge in [0.05, 0.1) is 18.8 Å². The van der Waals surface area contributed by atoms with Gasteiger partial charge in [-0.3, -0.25) is 0 Å². The molecular formula is C16H25NO3. The Hall–Kier alpha value is -1.10. The van der Waals surface area contributed by atoms with Crippen molar-refractivity contribution in [2.45, 2.75) is 51.1 Å². The lowest BCUT2D eigenvalue weighted by Crippen LogP contribution is -2.52. The second-order valence-corrected chi connectivity index (χ2v) is 6.01. The van der Waals surface area contributed by atoms with E-state index >= 15 is 0 Å². The van der Waals surface area contributed by atoms with E-state index in [0.717, 1.165) is 12.0 Å². The molecule has 2 unspecified atom stereocenters. The Morgan fingerprint density at radius 2 is 1.90 bits per heavy atom. The molecular weight excluding hydrogens is 254 g/mol. The standard InChI is InChI=1S/C16H25NO3/c1-4-16(8-18,9-19)17-12-7-11(3)14-10(2)5-6-13(20)15(12)14/h5-6,11-12,17-20H,4,7-9H2,1-3H3. The Balaban J connectivity index is 2.37. The van der Waals surface area contributed by atoms with Crippen LogP contribution in [0.5, 0.6) is 5.75 Å². The van der Waals surface area contributed by atoms with E-state index in [1.54, 1.807) is 6.07 Å². The number of hydrogen-bond donors (Lipinski definition) is 4. The number of hydrogen-bond acceptors (Lipinski definition) is 4. The summed E-state index contributed by atoms with van der Waals surface area (Å²) < 4.78 is 0. The summed E-state index contributed by atoms with van der Waals surface area (Å²) in [7, 11) is 0. The molecule has 2 rings (SSSR count). The summed E-state index contributed by atoms with van der Waals surface area (Å²) in [6.07, 6.45) is 1.50. The van der Waals surface area contributed by atoms with Crippen molar-refractivity contribution in [3.8, 4) is 5.75 Å². The zero-order valence-electron chi connectivity index (χ0n) is 12.5. The fraction of sp³-hybridized carbons (Fsp3) is 0.625. The molecule has 0 fully saturated rings. The molecule has 4 N–H and O–H groups in total.